The molecule has 0 aromatic heterocycles. The summed E-state index contributed by atoms with van der Waals surface area (Å²) in [5.41, 5.74) is 0.274. The van der Waals surface area contributed by atoms with Gasteiger partial charge in [-0.05, 0) is 69.9 Å². The van der Waals surface area contributed by atoms with E-state index in [4.69, 9.17) is 4.74 Å². The summed E-state index contributed by atoms with van der Waals surface area (Å²) >= 11 is 0. The Morgan fingerprint density at radius 3 is 2.20 bits per heavy atom. The molecule has 3 saturated heterocycles. The number of benzene rings is 1. The molecule has 0 spiro atoms. The van der Waals surface area contributed by atoms with Gasteiger partial charge in [-0.3, -0.25) is 19.3 Å². The maximum Gasteiger partial charge on any atom is 0.245 e. The summed E-state index contributed by atoms with van der Waals surface area (Å²) in [5, 5.41) is 0. The van der Waals surface area contributed by atoms with Gasteiger partial charge < -0.3 is 19.4 Å². The lowest BCUT2D eigenvalue weighted by molar-refractivity contribution is -0.148. The summed E-state index contributed by atoms with van der Waals surface area (Å²) in [4.78, 5) is 49.5. The Morgan fingerprint density at radius 1 is 0.955 bits per heavy atom. The number of morpholine rings is 1. The van der Waals surface area contributed by atoms with Crippen molar-refractivity contribution in [2.75, 3.05) is 45.9 Å². The quantitative estimate of drug-likeness (QED) is 0.490. The van der Waals surface area contributed by atoms with Gasteiger partial charge in [0.2, 0.25) is 17.7 Å². The van der Waals surface area contributed by atoms with E-state index in [0.29, 0.717) is 51.4 Å². The van der Waals surface area contributed by atoms with Crippen LogP contribution in [0.25, 0.3) is 0 Å². The minimum Gasteiger partial charge on any atom is -0.378 e. The van der Waals surface area contributed by atoms with Crippen LogP contribution in [0.3, 0.4) is 0 Å². The summed E-state index contributed by atoms with van der Waals surface area (Å²) in [6, 6.07) is 2.65. The molecular formula is C34H50F2N4O4. The van der Waals surface area contributed by atoms with Gasteiger partial charge in [-0.1, -0.05) is 19.9 Å². The van der Waals surface area contributed by atoms with Crippen LogP contribution in [-0.2, 0) is 19.1 Å². The fraction of sp³-hybridized carbons (Fsp3) is 0.735. The largest absolute Gasteiger partial charge is 0.378 e. The summed E-state index contributed by atoms with van der Waals surface area (Å²) in [6.45, 7) is 15.2. The van der Waals surface area contributed by atoms with Gasteiger partial charge in [0, 0.05) is 63.2 Å². The second-order valence-corrected chi connectivity index (χ2v) is 15.1. The second kappa shape index (κ2) is 12.7. The van der Waals surface area contributed by atoms with Gasteiger partial charge in [0.25, 0.3) is 0 Å². The molecule has 0 unspecified atom stereocenters. The maximum atomic E-state index is 15.2. The number of halogens is 2. The monoisotopic (exact) mass is 616 g/mol. The molecule has 3 amide bonds. The molecule has 3 aliphatic heterocycles. The highest BCUT2D eigenvalue weighted by Crippen LogP contribution is 2.42. The second-order valence-electron chi connectivity index (χ2n) is 15.1. The highest BCUT2D eigenvalue weighted by Gasteiger charge is 2.51. The predicted octanol–water partition coefficient (Wildman–Crippen LogP) is 4.42. The molecule has 3 heterocycles. The lowest BCUT2D eigenvalue weighted by Gasteiger charge is -2.42. The van der Waals surface area contributed by atoms with Crippen LogP contribution in [0.1, 0.15) is 85.1 Å². The van der Waals surface area contributed by atoms with Gasteiger partial charge in [-0.2, -0.15) is 0 Å². The third-order valence-electron chi connectivity index (χ3n) is 10.6. The number of nitrogens with zero attached hydrogens (tertiary/aromatic N) is 4. The first-order valence-electron chi connectivity index (χ1n) is 16.3. The van der Waals surface area contributed by atoms with Gasteiger partial charge in [0.15, 0.2) is 0 Å². The molecule has 5 rings (SSSR count). The van der Waals surface area contributed by atoms with Crippen LogP contribution in [0.5, 0.6) is 0 Å². The number of likely N-dealkylation sites (tertiary alicyclic amines) is 2. The first kappa shape index (κ1) is 32.8. The van der Waals surface area contributed by atoms with Gasteiger partial charge in [-0.25, -0.2) is 8.78 Å². The highest BCUT2D eigenvalue weighted by molar-refractivity contribution is 5.90. The Labute approximate surface area is 261 Å². The van der Waals surface area contributed by atoms with Crippen LogP contribution in [0.2, 0.25) is 0 Å². The first-order valence-corrected chi connectivity index (χ1v) is 16.3. The molecule has 4 fully saturated rings. The number of rotatable bonds is 5. The molecule has 1 saturated carbocycles. The summed E-state index contributed by atoms with van der Waals surface area (Å²) in [7, 11) is 0. The first-order chi connectivity index (χ1) is 20.7. The summed E-state index contributed by atoms with van der Waals surface area (Å²) in [6.07, 6.45) is 4.21. The molecule has 1 aromatic carbocycles. The van der Waals surface area contributed by atoms with E-state index in [0.717, 1.165) is 31.7 Å². The fourth-order valence-electron chi connectivity index (χ4n) is 7.89. The van der Waals surface area contributed by atoms with Crippen LogP contribution >= 0.6 is 0 Å². The number of hydrogen-bond acceptors (Lipinski definition) is 5. The number of carbonyl (C=O) groups is 3. The molecule has 4 atom stereocenters. The number of ether oxygens (including phenoxy) is 1. The average molecular weight is 617 g/mol. The van der Waals surface area contributed by atoms with E-state index in [9.17, 15) is 18.8 Å². The Bertz CT molecular complexity index is 1230. The zero-order valence-corrected chi connectivity index (χ0v) is 27.3. The fourth-order valence-corrected chi connectivity index (χ4v) is 7.89. The van der Waals surface area contributed by atoms with Gasteiger partial charge in [0.1, 0.15) is 17.7 Å². The molecule has 0 bridgehead atoms. The SMILES string of the molecule is CC(=O)N(C1CCC(C)(C)CC1)[C@H]1C[C@@H](C(=O)N2CCOCC2)N(C(=O)[C@@H]2CN(C(C)(C)C)C[C@H]2c2ccc(F)cc2F)C1. The molecule has 1 aromatic rings. The topological polar surface area (TPSA) is 73.4 Å². The molecule has 4 aliphatic rings. The molecule has 0 radical (unpaired) electrons. The van der Waals surface area contributed by atoms with E-state index in [1.807, 2.05) is 4.90 Å². The number of amides is 3. The van der Waals surface area contributed by atoms with Crippen molar-refractivity contribution in [2.45, 2.75) is 103 Å². The van der Waals surface area contributed by atoms with Gasteiger partial charge in [-0.15, -0.1) is 0 Å². The van der Waals surface area contributed by atoms with Crippen molar-refractivity contribution < 1.29 is 27.9 Å². The van der Waals surface area contributed by atoms with Crippen molar-refractivity contribution in [2.24, 2.45) is 11.3 Å². The minimum atomic E-state index is -0.713. The highest BCUT2D eigenvalue weighted by atomic mass is 19.1. The van der Waals surface area contributed by atoms with E-state index in [-0.39, 0.29) is 47.3 Å². The van der Waals surface area contributed by atoms with Gasteiger partial charge >= 0.3 is 0 Å². The third-order valence-corrected chi connectivity index (χ3v) is 10.6. The lowest BCUT2D eigenvalue weighted by Crippen LogP contribution is -2.52. The van der Waals surface area contributed by atoms with E-state index >= 15 is 4.39 Å². The summed E-state index contributed by atoms with van der Waals surface area (Å²) in [5.74, 6) is -2.78. The number of carbonyl (C=O) groups excluding carboxylic acids is 3. The van der Waals surface area contributed by atoms with Crippen molar-refractivity contribution in [1.29, 1.82) is 0 Å². The van der Waals surface area contributed by atoms with Crippen LogP contribution in [-0.4, -0.2) is 107 Å². The van der Waals surface area contributed by atoms with Crippen molar-refractivity contribution in [1.82, 2.24) is 19.6 Å². The van der Waals surface area contributed by atoms with Crippen LogP contribution in [0, 0.1) is 23.0 Å². The Kier molecular flexibility index (Phi) is 9.44. The smallest absolute Gasteiger partial charge is 0.245 e. The van der Waals surface area contributed by atoms with Crippen LogP contribution in [0.4, 0.5) is 8.78 Å². The molecular weight excluding hydrogens is 566 g/mol. The predicted molar refractivity (Wildman–Crippen MR) is 164 cm³/mol. The van der Waals surface area contributed by atoms with Crippen molar-refractivity contribution >= 4 is 17.7 Å². The van der Waals surface area contributed by atoms with Gasteiger partial charge in [0.05, 0.1) is 25.2 Å². The molecule has 10 heteroatoms. The van der Waals surface area contributed by atoms with E-state index in [1.54, 1.807) is 16.7 Å². The Balaban J connectivity index is 1.47. The minimum absolute atomic E-state index is 0.0300. The molecule has 1 aliphatic carbocycles. The normalized spacial score (nSPS) is 28.4. The van der Waals surface area contributed by atoms with E-state index in [2.05, 4.69) is 39.5 Å². The van der Waals surface area contributed by atoms with Crippen molar-refractivity contribution in [3.05, 3.63) is 35.4 Å². The van der Waals surface area contributed by atoms with Crippen molar-refractivity contribution in [3.63, 3.8) is 0 Å². The van der Waals surface area contributed by atoms with E-state index in [1.165, 1.54) is 12.1 Å². The molecule has 44 heavy (non-hydrogen) atoms. The maximum absolute atomic E-state index is 15.2. The van der Waals surface area contributed by atoms with Crippen LogP contribution in [0.15, 0.2) is 18.2 Å². The summed E-state index contributed by atoms with van der Waals surface area (Å²) < 4.78 is 34.6. The zero-order chi connectivity index (χ0) is 32.0. The zero-order valence-electron chi connectivity index (χ0n) is 27.3. The lowest BCUT2D eigenvalue weighted by atomic mass is 9.75. The average Bonchev–Trinajstić information content (AvgIpc) is 3.59. The van der Waals surface area contributed by atoms with E-state index < -0.39 is 29.5 Å². The molecule has 8 nitrogen and oxygen atoms in total. The molecule has 0 N–H and O–H groups in total. The van der Waals surface area contributed by atoms with Crippen molar-refractivity contribution in [3.8, 4) is 0 Å². The Morgan fingerprint density at radius 2 is 1.61 bits per heavy atom. The van der Waals surface area contributed by atoms with Crippen LogP contribution < -0.4 is 0 Å². The standard InChI is InChI=1S/C34H50F2N4O4/c1-22(41)40(24-9-11-34(5,6)12-10-24)25-18-30(32(43)37-13-15-44-16-14-37)39(19-25)31(42)28-21-38(33(2,3)4)20-27(28)26-8-7-23(35)17-29(26)36/h7-8,17,24-25,27-28,30H,9-16,18-21H2,1-6H3/t25-,27-,28+,30-/m0/s1. The molecule has 244 valence electrons. The number of hydrogen-bond donors (Lipinski definition) is 0. The Hall–Kier alpha value is -2.59. The third kappa shape index (κ3) is 6.81.